The minimum Gasteiger partial charge on any atom is -0.481 e. The molecule has 0 aliphatic heterocycles. The van der Waals surface area contributed by atoms with E-state index in [1.807, 2.05) is 0 Å². The van der Waals surface area contributed by atoms with Crippen molar-refractivity contribution in [2.45, 2.75) is 25.2 Å². The molecule has 2 aromatic rings. The second-order valence-electron chi connectivity index (χ2n) is 5.54. The predicted octanol–water partition coefficient (Wildman–Crippen LogP) is 4.67. The number of hydrogen-bond donors (Lipinski definition) is 2. The van der Waals surface area contributed by atoms with E-state index in [2.05, 4.69) is 0 Å². The SMILES string of the molecule is O=C(O)Cc1cccc(C(F)(F)F)c1.O=C(O)Cc1cccc(C(F)(F)F)c1. The van der Waals surface area contributed by atoms with Crippen LogP contribution in [-0.4, -0.2) is 22.2 Å². The molecular weight excluding hydrogens is 394 g/mol. The van der Waals surface area contributed by atoms with Gasteiger partial charge < -0.3 is 10.2 Å². The molecule has 0 aliphatic rings. The fraction of sp³-hybridized carbons (Fsp3) is 0.222. The van der Waals surface area contributed by atoms with Crippen molar-refractivity contribution in [1.82, 2.24) is 0 Å². The van der Waals surface area contributed by atoms with Crippen molar-refractivity contribution < 1.29 is 46.1 Å². The summed E-state index contributed by atoms with van der Waals surface area (Å²) in [5.74, 6) is -2.30. The standard InChI is InChI=1S/2C9H7F3O2/c2*10-9(11,12)7-3-1-2-6(4-7)5-8(13)14/h2*1-4H,5H2,(H,13,14). The van der Waals surface area contributed by atoms with Crippen LogP contribution in [0.3, 0.4) is 0 Å². The van der Waals surface area contributed by atoms with Gasteiger partial charge in [-0.05, 0) is 23.3 Å². The minimum atomic E-state index is -4.42. The molecule has 2 N–H and O–H groups in total. The Morgan fingerprint density at radius 3 is 1.25 bits per heavy atom. The molecule has 0 unspecified atom stereocenters. The van der Waals surface area contributed by atoms with Crippen LogP contribution in [0.2, 0.25) is 0 Å². The molecule has 0 bridgehead atoms. The van der Waals surface area contributed by atoms with E-state index >= 15 is 0 Å². The van der Waals surface area contributed by atoms with Crippen molar-refractivity contribution in [3.05, 3.63) is 70.8 Å². The summed E-state index contributed by atoms with van der Waals surface area (Å²) in [6.45, 7) is 0. The van der Waals surface area contributed by atoms with E-state index in [9.17, 15) is 35.9 Å². The monoisotopic (exact) mass is 408 g/mol. The van der Waals surface area contributed by atoms with Crippen molar-refractivity contribution in [2.75, 3.05) is 0 Å². The summed E-state index contributed by atoms with van der Waals surface area (Å²) in [7, 11) is 0. The summed E-state index contributed by atoms with van der Waals surface area (Å²) < 4.78 is 72.9. The van der Waals surface area contributed by atoms with E-state index in [0.29, 0.717) is 0 Å². The summed E-state index contributed by atoms with van der Waals surface area (Å²) >= 11 is 0. The number of carbonyl (C=O) groups is 2. The van der Waals surface area contributed by atoms with Crippen molar-refractivity contribution in [1.29, 1.82) is 0 Å². The number of carboxylic acids is 2. The Hall–Kier alpha value is -3.04. The molecule has 28 heavy (non-hydrogen) atoms. The maximum atomic E-state index is 12.2. The quantitative estimate of drug-likeness (QED) is 0.722. The van der Waals surface area contributed by atoms with Gasteiger partial charge in [0.25, 0.3) is 0 Å². The third-order valence-corrected chi connectivity index (χ3v) is 3.22. The number of alkyl halides is 6. The average molecular weight is 408 g/mol. The number of hydrogen-bond acceptors (Lipinski definition) is 2. The van der Waals surface area contributed by atoms with Crippen LogP contribution in [0.1, 0.15) is 22.3 Å². The molecule has 4 nitrogen and oxygen atoms in total. The first-order valence-corrected chi connectivity index (χ1v) is 7.55. The lowest BCUT2D eigenvalue weighted by molar-refractivity contribution is -0.138. The van der Waals surface area contributed by atoms with Gasteiger partial charge in [-0.1, -0.05) is 36.4 Å². The highest BCUT2D eigenvalue weighted by Gasteiger charge is 2.31. The molecule has 0 spiro atoms. The zero-order valence-corrected chi connectivity index (χ0v) is 14.0. The lowest BCUT2D eigenvalue weighted by Gasteiger charge is -2.07. The second kappa shape index (κ2) is 9.25. The largest absolute Gasteiger partial charge is 0.481 e. The molecule has 0 saturated heterocycles. The Kier molecular flexibility index (Phi) is 7.60. The second-order valence-corrected chi connectivity index (χ2v) is 5.54. The van der Waals surface area contributed by atoms with Gasteiger partial charge in [-0.2, -0.15) is 26.3 Å². The summed E-state index contributed by atoms with van der Waals surface area (Å²) in [5.41, 5.74) is -1.35. The molecule has 0 fully saturated rings. The van der Waals surface area contributed by atoms with Crippen molar-refractivity contribution in [2.24, 2.45) is 0 Å². The lowest BCUT2D eigenvalue weighted by atomic mass is 10.1. The first-order valence-electron chi connectivity index (χ1n) is 7.55. The first-order chi connectivity index (χ1) is 12.8. The van der Waals surface area contributed by atoms with Gasteiger partial charge in [0.2, 0.25) is 0 Å². The van der Waals surface area contributed by atoms with Crippen LogP contribution in [0.25, 0.3) is 0 Å². The minimum absolute atomic E-state index is 0.146. The number of benzene rings is 2. The fourth-order valence-corrected chi connectivity index (χ4v) is 2.06. The van der Waals surface area contributed by atoms with E-state index in [1.165, 1.54) is 24.3 Å². The van der Waals surface area contributed by atoms with Crippen LogP contribution < -0.4 is 0 Å². The van der Waals surface area contributed by atoms with E-state index in [1.54, 1.807) is 0 Å². The molecular formula is C18H14F6O4. The van der Waals surface area contributed by atoms with Gasteiger partial charge in [0.05, 0.1) is 24.0 Å². The van der Waals surface area contributed by atoms with Crippen molar-refractivity contribution >= 4 is 11.9 Å². The van der Waals surface area contributed by atoms with Crippen molar-refractivity contribution in [3.8, 4) is 0 Å². The van der Waals surface area contributed by atoms with Gasteiger partial charge in [-0.25, -0.2) is 0 Å². The summed E-state index contributed by atoms with van der Waals surface area (Å²) in [5, 5.41) is 16.8. The predicted molar refractivity (Wildman–Crippen MR) is 85.6 cm³/mol. The van der Waals surface area contributed by atoms with Gasteiger partial charge in [0.15, 0.2) is 0 Å². The highest BCUT2D eigenvalue weighted by atomic mass is 19.4. The molecule has 10 heteroatoms. The third-order valence-electron chi connectivity index (χ3n) is 3.22. The molecule has 0 aromatic heterocycles. The van der Waals surface area contributed by atoms with Crippen LogP contribution in [0.5, 0.6) is 0 Å². The highest BCUT2D eigenvalue weighted by molar-refractivity contribution is 5.70. The molecule has 0 saturated carbocycles. The molecule has 0 amide bonds. The van der Waals surface area contributed by atoms with Gasteiger partial charge in [0.1, 0.15) is 0 Å². The van der Waals surface area contributed by atoms with Gasteiger partial charge in [-0.15, -0.1) is 0 Å². The fourth-order valence-electron chi connectivity index (χ4n) is 2.06. The summed E-state index contributed by atoms with van der Waals surface area (Å²) in [6, 6.07) is 8.59. The molecule has 2 rings (SSSR count). The molecule has 2 aromatic carbocycles. The Balaban J connectivity index is 0.000000280. The number of carboxylic acid groups (broad SMARTS) is 2. The van der Waals surface area contributed by atoms with E-state index in [4.69, 9.17) is 10.2 Å². The van der Waals surface area contributed by atoms with Crippen LogP contribution in [0.15, 0.2) is 48.5 Å². The van der Waals surface area contributed by atoms with Gasteiger partial charge >= 0.3 is 24.3 Å². The Morgan fingerprint density at radius 1 is 0.679 bits per heavy atom. The summed E-state index contributed by atoms with van der Waals surface area (Å²) in [4.78, 5) is 20.5. The van der Waals surface area contributed by atoms with Gasteiger partial charge in [0, 0.05) is 0 Å². The molecule has 152 valence electrons. The zero-order valence-electron chi connectivity index (χ0n) is 14.0. The van der Waals surface area contributed by atoms with Crippen LogP contribution in [0, 0.1) is 0 Å². The molecule has 0 heterocycles. The topological polar surface area (TPSA) is 74.6 Å². The van der Waals surface area contributed by atoms with Crippen molar-refractivity contribution in [3.63, 3.8) is 0 Å². The summed E-state index contributed by atoms with van der Waals surface area (Å²) in [6.07, 6.45) is -9.64. The van der Waals surface area contributed by atoms with Crippen LogP contribution in [0.4, 0.5) is 26.3 Å². The lowest BCUT2D eigenvalue weighted by Crippen LogP contribution is -2.07. The van der Waals surface area contributed by atoms with Crippen LogP contribution >= 0.6 is 0 Å². The number of halogens is 6. The Labute approximate surface area is 155 Å². The maximum Gasteiger partial charge on any atom is 0.416 e. The van der Waals surface area contributed by atoms with E-state index in [0.717, 1.165) is 24.3 Å². The molecule has 0 atom stereocenters. The third kappa shape index (κ3) is 8.11. The number of aliphatic carboxylic acids is 2. The Bertz CT molecular complexity index is 758. The Morgan fingerprint density at radius 2 is 1.00 bits per heavy atom. The maximum absolute atomic E-state index is 12.2. The van der Waals surface area contributed by atoms with Gasteiger partial charge in [-0.3, -0.25) is 9.59 Å². The zero-order chi connectivity index (χ0) is 21.5. The van der Waals surface area contributed by atoms with Crippen LogP contribution in [-0.2, 0) is 34.8 Å². The average Bonchev–Trinajstić information content (AvgIpc) is 2.53. The highest BCUT2D eigenvalue weighted by Crippen LogP contribution is 2.30. The van der Waals surface area contributed by atoms with E-state index in [-0.39, 0.29) is 11.1 Å². The first kappa shape index (κ1) is 23.0. The smallest absolute Gasteiger partial charge is 0.416 e. The molecule has 0 radical (unpaired) electrons. The van der Waals surface area contributed by atoms with E-state index < -0.39 is 48.3 Å². The normalized spacial score (nSPS) is 11.4. The number of rotatable bonds is 4. The molecule has 0 aliphatic carbocycles.